The van der Waals surface area contributed by atoms with Crippen molar-refractivity contribution in [3.05, 3.63) is 46.6 Å². The van der Waals surface area contributed by atoms with Gasteiger partial charge in [0.05, 0.1) is 0 Å². The molecule has 0 nitrogen and oxygen atoms in total. The second-order valence-corrected chi connectivity index (χ2v) is 7.74. The van der Waals surface area contributed by atoms with Gasteiger partial charge in [-0.05, 0) is 81.1 Å². The summed E-state index contributed by atoms with van der Waals surface area (Å²) in [5.41, 5.74) is 6.83. The fourth-order valence-electron chi connectivity index (χ4n) is 2.91. The molecule has 0 bridgehead atoms. The van der Waals surface area contributed by atoms with Crippen molar-refractivity contribution in [3.63, 3.8) is 0 Å². The molecule has 1 unspecified atom stereocenters. The van der Waals surface area contributed by atoms with Crippen molar-refractivity contribution in [2.24, 2.45) is 11.3 Å². The summed E-state index contributed by atoms with van der Waals surface area (Å²) in [6, 6.07) is 0. The van der Waals surface area contributed by atoms with Gasteiger partial charge in [0.2, 0.25) is 0 Å². The summed E-state index contributed by atoms with van der Waals surface area (Å²) in [4.78, 5) is 0. The van der Waals surface area contributed by atoms with Crippen LogP contribution in [0.15, 0.2) is 46.6 Å². The van der Waals surface area contributed by atoms with E-state index in [-0.39, 0.29) is 0 Å². The summed E-state index contributed by atoms with van der Waals surface area (Å²) < 4.78 is 0. The van der Waals surface area contributed by atoms with Crippen LogP contribution in [0.3, 0.4) is 0 Å². The molecule has 0 radical (unpaired) electrons. The highest BCUT2D eigenvalue weighted by atomic mass is 14.3. The van der Waals surface area contributed by atoms with Crippen molar-refractivity contribution in [2.45, 2.75) is 95.4 Å². The zero-order chi connectivity index (χ0) is 20.9. The molecular weight excluding hydrogens is 312 g/mol. The molecule has 1 saturated carbocycles. The van der Waals surface area contributed by atoms with Gasteiger partial charge in [0.25, 0.3) is 0 Å². The van der Waals surface area contributed by atoms with Crippen LogP contribution in [0, 0.1) is 23.2 Å². The molecule has 1 fully saturated rings. The van der Waals surface area contributed by atoms with E-state index in [4.69, 9.17) is 0 Å². The third-order valence-corrected chi connectivity index (χ3v) is 4.54. The zero-order valence-electron chi connectivity index (χ0n) is 19.6. The zero-order valence-corrected chi connectivity index (χ0v) is 19.6. The summed E-state index contributed by atoms with van der Waals surface area (Å²) in [5, 5.41) is 0. The molecule has 1 atom stereocenters. The lowest BCUT2D eigenvalue weighted by Gasteiger charge is -2.36. The average molecular weight is 357 g/mol. The van der Waals surface area contributed by atoms with Crippen LogP contribution in [-0.4, -0.2) is 0 Å². The van der Waals surface area contributed by atoms with Gasteiger partial charge in [-0.25, -0.2) is 0 Å². The van der Waals surface area contributed by atoms with Crippen molar-refractivity contribution in [1.29, 1.82) is 0 Å². The maximum absolute atomic E-state index is 4.30. The van der Waals surface area contributed by atoms with E-state index in [1.54, 1.807) is 0 Å². The Labute approximate surface area is 165 Å². The molecule has 26 heavy (non-hydrogen) atoms. The second-order valence-electron chi connectivity index (χ2n) is 7.74. The van der Waals surface area contributed by atoms with Crippen LogP contribution in [0.25, 0.3) is 0 Å². The third-order valence-electron chi connectivity index (χ3n) is 4.54. The van der Waals surface area contributed by atoms with Gasteiger partial charge in [-0.1, -0.05) is 78.2 Å². The van der Waals surface area contributed by atoms with Crippen LogP contribution in [0.4, 0.5) is 0 Å². The van der Waals surface area contributed by atoms with Crippen LogP contribution in [-0.2, 0) is 0 Å². The van der Waals surface area contributed by atoms with Crippen LogP contribution in [0.2, 0.25) is 0 Å². The van der Waals surface area contributed by atoms with Crippen LogP contribution >= 0.6 is 0 Å². The molecule has 0 aromatic heterocycles. The van der Waals surface area contributed by atoms with Gasteiger partial charge in [-0.15, -0.1) is 5.92 Å². The fourth-order valence-corrected chi connectivity index (χ4v) is 2.91. The highest BCUT2D eigenvalue weighted by Gasteiger charge is 2.29. The minimum absolute atomic E-state index is 0.365. The minimum Gasteiger partial charge on any atom is -0.102 e. The standard InChI is InChI=1S/C22H32.2C2H6/c1-9-10-17(4)13-19(16(2)3)14-20-15-21(22(6,7)8)12-11-18(20)5;2*1-2/h13-14,21H,5,11-12,15H2,1-4,6-8H3;2*1-2H3/b17-13+,20-14-;;. The van der Waals surface area contributed by atoms with Gasteiger partial charge < -0.3 is 0 Å². The Bertz CT molecular complexity index is 570. The SMILES string of the molecule is C=C1CCC(C(C)(C)C)C/C1=C/C(/C=C(\C)C#CC)=C(C)C.CC.CC. The van der Waals surface area contributed by atoms with Crippen molar-refractivity contribution in [1.82, 2.24) is 0 Å². The Hall–Kier alpha value is -1.48. The van der Waals surface area contributed by atoms with E-state index >= 15 is 0 Å². The van der Waals surface area contributed by atoms with E-state index in [2.05, 4.69) is 72.1 Å². The number of hydrogen-bond acceptors (Lipinski definition) is 0. The van der Waals surface area contributed by atoms with Gasteiger partial charge in [-0.2, -0.15) is 0 Å². The minimum atomic E-state index is 0.365. The quantitative estimate of drug-likeness (QED) is 0.343. The molecule has 0 heterocycles. The Kier molecular flexibility index (Phi) is 14.1. The first-order valence-corrected chi connectivity index (χ1v) is 10.3. The molecule has 1 rings (SSSR count). The molecule has 0 aromatic rings. The van der Waals surface area contributed by atoms with Gasteiger partial charge in [-0.3, -0.25) is 0 Å². The van der Waals surface area contributed by atoms with Crippen LogP contribution < -0.4 is 0 Å². The van der Waals surface area contributed by atoms with E-state index in [0.29, 0.717) is 5.41 Å². The maximum atomic E-state index is 4.30. The summed E-state index contributed by atoms with van der Waals surface area (Å²) in [7, 11) is 0. The van der Waals surface area contributed by atoms with Crippen molar-refractivity contribution in [3.8, 4) is 11.8 Å². The summed E-state index contributed by atoms with van der Waals surface area (Å²) in [5.74, 6) is 6.85. The molecule has 0 saturated heterocycles. The van der Waals surface area contributed by atoms with Gasteiger partial charge in [0.15, 0.2) is 0 Å². The smallest absolute Gasteiger partial charge is 0.000499 e. The first-order chi connectivity index (χ1) is 12.1. The Morgan fingerprint density at radius 2 is 1.62 bits per heavy atom. The maximum Gasteiger partial charge on any atom is -0.000499 e. The predicted octanol–water partition coefficient (Wildman–Crippen LogP) is 8.67. The fraction of sp³-hybridized carbons (Fsp3) is 0.615. The molecule has 148 valence electrons. The van der Waals surface area contributed by atoms with Gasteiger partial charge >= 0.3 is 0 Å². The second kappa shape index (κ2) is 13.7. The topological polar surface area (TPSA) is 0 Å². The van der Waals surface area contributed by atoms with E-state index in [0.717, 1.165) is 24.3 Å². The Morgan fingerprint density at radius 3 is 2.04 bits per heavy atom. The number of allylic oxidation sites excluding steroid dienone is 7. The lowest BCUT2D eigenvalue weighted by atomic mass is 9.69. The largest absolute Gasteiger partial charge is 0.102 e. The van der Waals surface area contributed by atoms with E-state index in [1.165, 1.54) is 28.7 Å². The molecule has 0 spiro atoms. The summed E-state index contributed by atoms with van der Waals surface area (Å²) in [6.07, 6.45) is 8.08. The lowest BCUT2D eigenvalue weighted by Crippen LogP contribution is -2.24. The summed E-state index contributed by atoms with van der Waals surface area (Å²) in [6.45, 7) is 27.7. The normalized spacial score (nSPS) is 18.6. The van der Waals surface area contributed by atoms with Crippen LogP contribution in [0.1, 0.15) is 95.4 Å². The molecule has 1 aliphatic carbocycles. The highest BCUT2D eigenvalue weighted by molar-refractivity contribution is 5.46. The van der Waals surface area contributed by atoms with Gasteiger partial charge in [0.1, 0.15) is 0 Å². The third kappa shape index (κ3) is 9.86. The first kappa shape index (κ1) is 26.7. The molecule has 0 aromatic carbocycles. The van der Waals surface area contributed by atoms with Crippen molar-refractivity contribution < 1.29 is 0 Å². The highest BCUT2D eigenvalue weighted by Crippen LogP contribution is 2.42. The molecule has 0 heteroatoms. The molecule has 1 aliphatic rings. The lowest BCUT2D eigenvalue weighted by molar-refractivity contribution is 0.215. The first-order valence-electron chi connectivity index (χ1n) is 10.3. The monoisotopic (exact) mass is 356 g/mol. The Balaban J connectivity index is 0. The molecule has 0 aliphatic heterocycles. The van der Waals surface area contributed by atoms with E-state index in [1.807, 2.05) is 34.6 Å². The van der Waals surface area contributed by atoms with Crippen molar-refractivity contribution in [2.75, 3.05) is 0 Å². The van der Waals surface area contributed by atoms with Crippen LogP contribution in [0.5, 0.6) is 0 Å². The summed E-state index contributed by atoms with van der Waals surface area (Å²) >= 11 is 0. The molecular formula is C26H44. The van der Waals surface area contributed by atoms with Gasteiger partial charge in [0, 0.05) is 0 Å². The number of rotatable bonds is 2. The van der Waals surface area contributed by atoms with E-state index < -0.39 is 0 Å². The number of hydrogen-bond donors (Lipinski definition) is 0. The van der Waals surface area contributed by atoms with Crippen molar-refractivity contribution >= 4 is 0 Å². The van der Waals surface area contributed by atoms with E-state index in [9.17, 15) is 0 Å². The predicted molar refractivity (Wildman–Crippen MR) is 122 cm³/mol. The average Bonchev–Trinajstić information content (AvgIpc) is 2.58. The Morgan fingerprint density at radius 1 is 1.08 bits per heavy atom. The molecule has 0 amide bonds. The molecule has 0 N–H and O–H groups in total.